The van der Waals surface area contributed by atoms with Crippen LogP contribution in [0.5, 0.6) is 0 Å². The minimum Gasteiger partial charge on any atom is -0.472 e. The quantitative estimate of drug-likeness (QED) is 0.706. The Morgan fingerprint density at radius 1 is 1.62 bits per heavy atom. The predicted molar refractivity (Wildman–Crippen MR) is 52.5 cm³/mol. The summed E-state index contributed by atoms with van der Waals surface area (Å²) in [5.41, 5.74) is 2.49. The van der Waals surface area contributed by atoms with E-state index in [1.165, 1.54) is 11.1 Å². The molecule has 0 amide bonds. The van der Waals surface area contributed by atoms with Gasteiger partial charge in [-0.2, -0.15) is 0 Å². The van der Waals surface area contributed by atoms with Crippen molar-refractivity contribution in [2.45, 2.75) is 26.2 Å². The number of hydrogen-bond donors (Lipinski definition) is 1. The van der Waals surface area contributed by atoms with Crippen molar-refractivity contribution < 1.29 is 9.52 Å². The summed E-state index contributed by atoms with van der Waals surface area (Å²) in [4.78, 5) is 0. The number of allylic oxidation sites excluding steroid dienone is 1. The van der Waals surface area contributed by atoms with Crippen LogP contribution in [-0.4, -0.2) is 11.7 Å². The second-order valence-corrected chi connectivity index (χ2v) is 3.19. The molecule has 0 spiro atoms. The van der Waals surface area contributed by atoms with Crippen LogP contribution in [0.25, 0.3) is 0 Å². The van der Waals surface area contributed by atoms with E-state index < -0.39 is 0 Å². The number of aryl methyl sites for hydroxylation is 1. The van der Waals surface area contributed by atoms with Crippen molar-refractivity contribution in [3.05, 3.63) is 35.8 Å². The van der Waals surface area contributed by atoms with Gasteiger partial charge in [0.05, 0.1) is 12.5 Å². The standard InChI is InChI=1S/C11H16O2/c1-10(5-7-12)3-2-4-11-6-8-13-9-11/h3,6,8-9,12H,2,4-5,7H2,1H3/b10-3+. The summed E-state index contributed by atoms with van der Waals surface area (Å²) in [6.45, 7) is 2.29. The lowest BCUT2D eigenvalue weighted by Gasteiger charge is -1.96. The highest BCUT2D eigenvalue weighted by atomic mass is 16.3. The van der Waals surface area contributed by atoms with Gasteiger partial charge in [0, 0.05) is 6.61 Å². The molecule has 0 saturated carbocycles. The maximum absolute atomic E-state index is 8.66. The second kappa shape index (κ2) is 5.60. The SMILES string of the molecule is C/C(=C\CCc1ccoc1)CCO. The molecule has 2 heteroatoms. The average Bonchev–Trinajstić information content (AvgIpc) is 2.57. The van der Waals surface area contributed by atoms with Gasteiger partial charge in [0.2, 0.25) is 0 Å². The van der Waals surface area contributed by atoms with E-state index in [0.29, 0.717) is 0 Å². The van der Waals surface area contributed by atoms with Gasteiger partial charge in [-0.15, -0.1) is 0 Å². The zero-order valence-electron chi connectivity index (χ0n) is 7.99. The van der Waals surface area contributed by atoms with Crippen molar-refractivity contribution in [1.82, 2.24) is 0 Å². The summed E-state index contributed by atoms with van der Waals surface area (Å²) in [5.74, 6) is 0. The summed E-state index contributed by atoms with van der Waals surface area (Å²) in [7, 11) is 0. The number of rotatable bonds is 5. The number of aliphatic hydroxyl groups excluding tert-OH is 1. The van der Waals surface area contributed by atoms with Gasteiger partial charge < -0.3 is 9.52 Å². The molecular weight excluding hydrogens is 164 g/mol. The third-order valence-corrected chi connectivity index (χ3v) is 2.01. The summed E-state index contributed by atoms with van der Waals surface area (Å²) < 4.78 is 4.96. The minimum atomic E-state index is 0.244. The van der Waals surface area contributed by atoms with Crippen molar-refractivity contribution >= 4 is 0 Å². The summed E-state index contributed by atoms with van der Waals surface area (Å²) in [6, 6.07) is 1.98. The second-order valence-electron chi connectivity index (χ2n) is 3.19. The Morgan fingerprint density at radius 3 is 3.08 bits per heavy atom. The zero-order chi connectivity index (χ0) is 9.52. The van der Waals surface area contributed by atoms with Gasteiger partial charge in [0.15, 0.2) is 0 Å². The van der Waals surface area contributed by atoms with Crippen LogP contribution in [0.2, 0.25) is 0 Å². The third kappa shape index (κ3) is 3.95. The molecule has 1 aromatic heterocycles. The Hall–Kier alpha value is -1.02. The average molecular weight is 180 g/mol. The summed E-state index contributed by atoms with van der Waals surface area (Å²) >= 11 is 0. The topological polar surface area (TPSA) is 33.4 Å². The van der Waals surface area contributed by atoms with Crippen LogP contribution < -0.4 is 0 Å². The summed E-state index contributed by atoms with van der Waals surface area (Å²) in [5, 5.41) is 8.66. The van der Waals surface area contributed by atoms with E-state index in [1.807, 2.05) is 13.0 Å². The molecule has 0 aromatic carbocycles. The van der Waals surface area contributed by atoms with E-state index in [9.17, 15) is 0 Å². The molecule has 72 valence electrons. The van der Waals surface area contributed by atoms with Gasteiger partial charge in [-0.1, -0.05) is 11.6 Å². The first kappa shape index (κ1) is 10.1. The molecule has 0 radical (unpaired) electrons. The van der Waals surface area contributed by atoms with E-state index in [-0.39, 0.29) is 6.61 Å². The molecule has 0 aliphatic heterocycles. The van der Waals surface area contributed by atoms with Crippen molar-refractivity contribution in [2.24, 2.45) is 0 Å². The Morgan fingerprint density at radius 2 is 2.46 bits per heavy atom. The Labute approximate surface area is 78.9 Å². The lowest BCUT2D eigenvalue weighted by molar-refractivity contribution is 0.299. The smallest absolute Gasteiger partial charge is 0.0934 e. The van der Waals surface area contributed by atoms with Crippen molar-refractivity contribution in [1.29, 1.82) is 0 Å². The molecule has 1 aromatic rings. The van der Waals surface area contributed by atoms with Crippen LogP contribution in [0, 0.1) is 0 Å². The fourth-order valence-corrected chi connectivity index (χ4v) is 1.20. The fraction of sp³-hybridized carbons (Fsp3) is 0.455. The number of hydrogen-bond acceptors (Lipinski definition) is 2. The molecule has 0 fully saturated rings. The van der Waals surface area contributed by atoms with Crippen LogP contribution in [0.3, 0.4) is 0 Å². The van der Waals surface area contributed by atoms with Crippen LogP contribution in [-0.2, 0) is 6.42 Å². The van der Waals surface area contributed by atoms with Crippen molar-refractivity contribution in [3.8, 4) is 0 Å². The van der Waals surface area contributed by atoms with Gasteiger partial charge in [-0.25, -0.2) is 0 Å². The van der Waals surface area contributed by atoms with Crippen molar-refractivity contribution in [3.63, 3.8) is 0 Å². The molecule has 13 heavy (non-hydrogen) atoms. The molecule has 0 bridgehead atoms. The first-order valence-electron chi connectivity index (χ1n) is 4.60. The van der Waals surface area contributed by atoms with Crippen LogP contribution in [0.4, 0.5) is 0 Å². The summed E-state index contributed by atoms with van der Waals surface area (Å²) in [6.07, 6.45) is 8.45. The first-order valence-corrected chi connectivity index (χ1v) is 4.60. The van der Waals surface area contributed by atoms with Crippen molar-refractivity contribution in [2.75, 3.05) is 6.61 Å². The minimum absolute atomic E-state index is 0.244. The van der Waals surface area contributed by atoms with Crippen LogP contribution in [0.15, 0.2) is 34.7 Å². The molecule has 0 aliphatic rings. The molecule has 0 unspecified atom stereocenters. The largest absolute Gasteiger partial charge is 0.472 e. The van der Waals surface area contributed by atoms with Crippen LogP contribution >= 0.6 is 0 Å². The van der Waals surface area contributed by atoms with Gasteiger partial charge in [0.25, 0.3) is 0 Å². The molecule has 0 aliphatic carbocycles. The number of aliphatic hydroxyl groups is 1. The highest BCUT2D eigenvalue weighted by Crippen LogP contribution is 2.06. The third-order valence-electron chi connectivity index (χ3n) is 2.01. The van der Waals surface area contributed by atoms with Crippen LogP contribution in [0.1, 0.15) is 25.3 Å². The van der Waals surface area contributed by atoms with E-state index in [1.54, 1.807) is 12.5 Å². The molecule has 0 atom stereocenters. The molecular formula is C11H16O2. The molecule has 1 rings (SSSR count). The molecule has 1 N–H and O–H groups in total. The zero-order valence-corrected chi connectivity index (χ0v) is 7.99. The molecule has 1 heterocycles. The number of furan rings is 1. The Balaban J connectivity index is 2.24. The monoisotopic (exact) mass is 180 g/mol. The molecule has 2 nitrogen and oxygen atoms in total. The highest BCUT2D eigenvalue weighted by Gasteiger charge is 1.92. The van der Waals surface area contributed by atoms with Gasteiger partial charge >= 0.3 is 0 Å². The molecule has 0 saturated heterocycles. The maximum Gasteiger partial charge on any atom is 0.0934 e. The Bertz CT molecular complexity index is 247. The van der Waals surface area contributed by atoms with Gasteiger partial charge in [-0.3, -0.25) is 0 Å². The highest BCUT2D eigenvalue weighted by molar-refractivity contribution is 5.07. The first-order chi connectivity index (χ1) is 6.33. The maximum atomic E-state index is 8.66. The van der Waals surface area contributed by atoms with E-state index in [0.717, 1.165) is 19.3 Å². The lowest BCUT2D eigenvalue weighted by Crippen LogP contribution is -1.85. The van der Waals surface area contributed by atoms with E-state index in [2.05, 4.69) is 6.08 Å². The predicted octanol–water partition coefficient (Wildman–Crippen LogP) is 2.54. The Kier molecular flexibility index (Phi) is 4.33. The fourth-order valence-electron chi connectivity index (χ4n) is 1.20. The van der Waals surface area contributed by atoms with Gasteiger partial charge in [-0.05, 0) is 37.8 Å². The van der Waals surface area contributed by atoms with E-state index >= 15 is 0 Å². The lowest BCUT2D eigenvalue weighted by atomic mass is 10.1. The van der Waals surface area contributed by atoms with E-state index in [4.69, 9.17) is 9.52 Å². The normalized spacial score (nSPS) is 12.0. The van der Waals surface area contributed by atoms with Gasteiger partial charge in [0.1, 0.15) is 0 Å².